The van der Waals surface area contributed by atoms with Gasteiger partial charge in [0, 0.05) is 43.6 Å². The normalized spacial score (nSPS) is 20.3. The van der Waals surface area contributed by atoms with Crippen molar-refractivity contribution in [2.24, 2.45) is 5.41 Å². The predicted molar refractivity (Wildman–Crippen MR) is 151 cm³/mol. The molecule has 2 amide bonds. The number of aromatic amines is 1. The quantitative estimate of drug-likeness (QED) is 0.520. The van der Waals surface area contributed by atoms with Gasteiger partial charge in [0.25, 0.3) is 5.91 Å². The van der Waals surface area contributed by atoms with E-state index in [4.69, 9.17) is 4.74 Å². The molecule has 0 unspecified atom stereocenters. The Hall–Kier alpha value is -2.87. The highest BCUT2D eigenvalue weighted by molar-refractivity contribution is 5.94. The first kappa shape index (κ1) is 27.7. The summed E-state index contributed by atoms with van der Waals surface area (Å²) >= 11 is 0. The van der Waals surface area contributed by atoms with Crippen LogP contribution in [0.3, 0.4) is 0 Å². The summed E-state index contributed by atoms with van der Waals surface area (Å²) in [5.74, 6) is 0.813. The molecule has 3 aliphatic rings. The Bertz CT molecular complexity index is 1090. The van der Waals surface area contributed by atoms with Crippen LogP contribution in [0.15, 0.2) is 36.7 Å². The van der Waals surface area contributed by atoms with Crippen molar-refractivity contribution in [1.82, 2.24) is 24.7 Å². The van der Waals surface area contributed by atoms with Crippen LogP contribution in [0.1, 0.15) is 93.9 Å². The Morgan fingerprint density at radius 1 is 1.03 bits per heavy atom. The number of likely N-dealkylation sites (tertiary alicyclic amines) is 2. The number of rotatable bonds is 6. The smallest absolute Gasteiger partial charge is 0.410 e. The van der Waals surface area contributed by atoms with Crippen molar-refractivity contribution in [1.29, 1.82) is 0 Å². The van der Waals surface area contributed by atoms with Gasteiger partial charge in [-0.05, 0) is 89.1 Å². The first-order valence-electron chi connectivity index (χ1n) is 14.8. The van der Waals surface area contributed by atoms with Crippen molar-refractivity contribution in [3.63, 3.8) is 0 Å². The Labute approximate surface area is 233 Å². The third kappa shape index (κ3) is 7.02. The first-order valence-corrected chi connectivity index (χ1v) is 14.8. The maximum atomic E-state index is 13.4. The zero-order valence-corrected chi connectivity index (χ0v) is 24.0. The van der Waals surface area contributed by atoms with E-state index in [2.05, 4.69) is 19.8 Å². The number of imidazole rings is 1. The molecule has 3 fully saturated rings. The molecule has 1 aromatic heterocycles. The Balaban J connectivity index is 1.17. The first-order chi connectivity index (χ1) is 18.7. The average molecular weight is 536 g/mol. The number of H-pyrrole nitrogens is 1. The second-order valence-electron chi connectivity index (χ2n) is 12.9. The van der Waals surface area contributed by atoms with Crippen LogP contribution in [0, 0.1) is 5.41 Å². The van der Waals surface area contributed by atoms with Crippen LogP contribution in [0.5, 0.6) is 0 Å². The van der Waals surface area contributed by atoms with Crippen LogP contribution < -0.4 is 0 Å². The van der Waals surface area contributed by atoms with E-state index >= 15 is 0 Å². The minimum Gasteiger partial charge on any atom is -0.444 e. The van der Waals surface area contributed by atoms with Crippen LogP contribution in [-0.2, 0) is 17.8 Å². The zero-order valence-electron chi connectivity index (χ0n) is 24.0. The number of ether oxygens (including phenoxy) is 1. The largest absolute Gasteiger partial charge is 0.444 e. The standard InChI is InChI=1S/C31H45N5O3/c1-30(2,3)39-29(38)36(22-27-32-16-17-33-27)21-24-9-11-25(12-10-24)28(37)35-20-15-31(23-35)13-18-34(19-14-31)26-7-5-4-6-8-26/h9-12,16-17,26H,4-8,13-15,18-23H2,1-3H3,(H,32,33). The maximum Gasteiger partial charge on any atom is 0.410 e. The van der Waals surface area contributed by atoms with E-state index in [0.717, 1.165) is 31.1 Å². The van der Waals surface area contributed by atoms with Gasteiger partial charge in [-0.1, -0.05) is 31.4 Å². The Morgan fingerprint density at radius 2 is 1.72 bits per heavy atom. The number of hydrogen-bond acceptors (Lipinski definition) is 5. The second-order valence-corrected chi connectivity index (χ2v) is 12.9. The maximum absolute atomic E-state index is 13.4. The average Bonchev–Trinajstić information content (AvgIpc) is 3.59. The van der Waals surface area contributed by atoms with Crippen molar-refractivity contribution in [2.75, 3.05) is 26.2 Å². The van der Waals surface area contributed by atoms with E-state index in [-0.39, 0.29) is 5.91 Å². The lowest BCUT2D eigenvalue weighted by molar-refractivity contribution is 0.0211. The van der Waals surface area contributed by atoms with Crippen molar-refractivity contribution in [3.05, 3.63) is 53.6 Å². The van der Waals surface area contributed by atoms with Crippen LogP contribution in [0.25, 0.3) is 0 Å². The SMILES string of the molecule is CC(C)(C)OC(=O)N(Cc1ccc(C(=O)N2CCC3(CCN(C4CCCCC4)CC3)C2)cc1)Cc1ncc[nH]1. The summed E-state index contributed by atoms with van der Waals surface area (Å²) in [5, 5.41) is 0. The van der Waals surface area contributed by atoms with Crippen LogP contribution in [0.2, 0.25) is 0 Å². The van der Waals surface area contributed by atoms with Gasteiger partial charge in [0.05, 0.1) is 6.54 Å². The van der Waals surface area contributed by atoms with Gasteiger partial charge in [0.15, 0.2) is 0 Å². The van der Waals surface area contributed by atoms with Crippen LogP contribution >= 0.6 is 0 Å². The van der Waals surface area contributed by atoms with Crippen LogP contribution in [0.4, 0.5) is 4.79 Å². The summed E-state index contributed by atoms with van der Waals surface area (Å²) in [7, 11) is 0. The summed E-state index contributed by atoms with van der Waals surface area (Å²) < 4.78 is 5.63. The number of carbonyl (C=O) groups excluding carboxylic acids is 2. The van der Waals surface area contributed by atoms with E-state index in [1.807, 2.05) is 45.0 Å². The molecule has 2 aliphatic heterocycles. The molecule has 8 nitrogen and oxygen atoms in total. The van der Waals surface area contributed by atoms with Crippen LogP contribution in [-0.4, -0.2) is 74.5 Å². The predicted octanol–water partition coefficient (Wildman–Crippen LogP) is 5.61. The van der Waals surface area contributed by atoms with Gasteiger partial charge in [-0.2, -0.15) is 0 Å². The molecule has 2 saturated heterocycles. The monoisotopic (exact) mass is 535 g/mol. The van der Waals surface area contributed by atoms with Gasteiger partial charge in [-0.3, -0.25) is 9.69 Å². The fourth-order valence-electron chi connectivity index (χ4n) is 6.56. The number of nitrogens with zero attached hydrogens (tertiary/aromatic N) is 4. The molecule has 3 heterocycles. The van der Waals surface area contributed by atoms with Gasteiger partial charge in [0.1, 0.15) is 11.4 Å². The highest BCUT2D eigenvalue weighted by Gasteiger charge is 2.43. The molecule has 1 spiro atoms. The molecule has 1 N–H and O–H groups in total. The molecule has 5 rings (SSSR count). The fraction of sp³-hybridized carbons (Fsp3) is 0.645. The van der Waals surface area contributed by atoms with Crippen molar-refractivity contribution in [2.45, 2.75) is 96.9 Å². The molecule has 1 aromatic carbocycles. The number of aromatic nitrogens is 2. The minimum atomic E-state index is -0.589. The number of nitrogens with one attached hydrogen (secondary N) is 1. The van der Waals surface area contributed by atoms with E-state index in [0.29, 0.717) is 29.9 Å². The Morgan fingerprint density at radius 3 is 2.36 bits per heavy atom. The van der Waals surface area contributed by atoms with Gasteiger partial charge in [-0.15, -0.1) is 0 Å². The number of amides is 2. The highest BCUT2D eigenvalue weighted by Crippen LogP contribution is 2.42. The zero-order chi connectivity index (χ0) is 27.5. The number of hydrogen-bond donors (Lipinski definition) is 1. The minimum absolute atomic E-state index is 0.118. The van der Waals surface area contributed by atoms with Gasteiger partial charge in [-0.25, -0.2) is 9.78 Å². The number of benzene rings is 1. The molecule has 1 saturated carbocycles. The van der Waals surface area contributed by atoms with E-state index < -0.39 is 11.7 Å². The molecule has 212 valence electrons. The molecule has 0 bridgehead atoms. The third-order valence-electron chi connectivity index (χ3n) is 8.80. The van der Waals surface area contributed by atoms with Crippen molar-refractivity contribution in [3.8, 4) is 0 Å². The third-order valence-corrected chi connectivity index (χ3v) is 8.80. The number of carbonyl (C=O) groups is 2. The van der Waals surface area contributed by atoms with Crippen molar-refractivity contribution >= 4 is 12.0 Å². The summed E-state index contributed by atoms with van der Waals surface area (Å²) in [5.41, 5.74) is 1.36. The summed E-state index contributed by atoms with van der Waals surface area (Å²) in [6, 6.07) is 8.48. The fourth-order valence-corrected chi connectivity index (χ4v) is 6.56. The lowest BCUT2D eigenvalue weighted by Gasteiger charge is -2.43. The molecule has 8 heteroatoms. The highest BCUT2D eigenvalue weighted by atomic mass is 16.6. The van der Waals surface area contributed by atoms with E-state index in [1.165, 1.54) is 58.0 Å². The lowest BCUT2D eigenvalue weighted by Crippen LogP contribution is -2.47. The second kappa shape index (κ2) is 11.7. The van der Waals surface area contributed by atoms with E-state index in [9.17, 15) is 9.59 Å². The summed E-state index contributed by atoms with van der Waals surface area (Å²) in [4.78, 5) is 40.1. The lowest BCUT2D eigenvalue weighted by atomic mass is 9.77. The molecule has 39 heavy (non-hydrogen) atoms. The summed E-state index contributed by atoms with van der Waals surface area (Å²) in [6.45, 7) is 10.4. The van der Waals surface area contributed by atoms with E-state index in [1.54, 1.807) is 17.3 Å². The molecule has 0 radical (unpaired) electrons. The van der Waals surface area contributed by atoms with Gasteiger partial charge in [0.2, 0.25) is 0 Å². The molecule has 0 atom stereocenters. The summed E-state index contributed by atoms with van der Waals surface area (Å²) in [6.07, 6.45) is 13.5. The van der Waals surface area contributed by atoms with Crippen molar-refractivity contribution < 1.29 is 14.3 Å². The topological polar surface area (TPSA) is 81.8 Å². The number of piperidine rings is 1. The Kier molecular flexibility index (Phi) is 8.31. The molecular formula is C31H45N5O3. The molecular weight excluding hydrogens is 490 g/mol. The van der Waals surface area contributed by atoms with Gasteiger partial charge >= 0.3 is 6.09 Å². The molecule has 2 aromatic rings. The molecule has 1 aliphatic carbocycles. The van der Waals surface area contributed by atoms with Gasteiger partial charge < -0.3 is 19.5 Å².